The van der Waals surface area contributed by atoms with Crippen molar-refractivity contribution in [2.45, 2.75) is 33.7 Å². The molecule has 0 aliphatic carbocycles. The lowest BCUT2D eigenvalue weighted by Crippen LogP contribution is -2.33. The lowest BCUT2D eigenvalue weighted by Gasteiger charge is -2.26. The number of pyridine rings is 1. The number of rotatable bonds is 3. The van der Waals surface area contributed by atoms with Crippen LogP contribution >= 0.6 is 0 Å². The molecule has 0 fully saturated rings. The van der Waals surface area contributed by atoms with Crippen molar-refractivity contribution >= 4 is 5.91 Å². The summed E-state index contributed by atoms with van der Waals surface area (Å²) in [5.41, 5.74) is 4.05. The third-order valence-electron chi connectivity index (χ3n) is 4.07. The van der Waals surface area contributed by atoms with Gasteiger partial charge in [-0.25, -0.2) is 0 Å². The molecule has 0 bridgehead atoms. The number of hydrogen-bond donors (Lipinski definition) is 1. The van der Waals surface area contributed by atoms with Crippen LogP contribution in [0.4, 0.5) is 0 Å². The Hall–Kier alpha value is -2.36. The smallest absolute Gasteiger partial charge is 0.259 e. The van der Waals surface area contributed by atoms with Crippen molar-refractivity contribution in [2.75, 3.05) is 7.05 Å². The van der Waals surface area contributed by atoms with Gasteiger partial charge in [-0.3, -0.25) is 9.59 Å². The molecule has 1 aromatic heterocycles. The van der Waals surface area contributed by atoms with E-state index in [1.54, 1.807) is 18.9 Å². The highest BCUT2D eigenvalue weighted by Crippen LogP contribution is 2.24. The van der Waals surface area contributed by atoms with E-state index in [0.717, 1.165) is 22.4 Å². The van der Waals surface area contributed by atoms with Crippen LogP contribution in [0.1, 0.15) is 45.7 Å². The molecule has 116 valence electrons. The summed E-state index contributed by atoms with van der Waals surface area (Å²) in [6.45, 7) is 7.82. The Bertz CT molecular complexity index is 762. The minimum Gasteiger partial charge on any atom is -0.364 e. The van der Waals surface area contributed by atoms with Crippen molar-refractivity contribution in [3.63, 3.8) is 0 Å². The number of H-pyrrole nitrogens is 1. The fourth-order valence-corrected chi connectivity index (χ4v) is 2.52. The van der Waals surface area contributed by atoms with Gasteiger partial charge in [0.05, 0.1) is 6.04 Å². The van der Waals surface area contributed by atoms with Gasteiger partial charge < -0.3 is 9.88 Å². The molecule has 1 atom stereocenters. The van der Waals surface area contributed by atoms with Crippen LogP contribution in [0.3, 0.4) is 0 Å². The average molecular weight is 298 g/mol. The highest BCUT2D eigenvalue weighted by molar-refractivity contribution is 5.93. The van der Waals surface area contributed by atoms with Gasteiger partial charge >= 0.3 is 0 Å². The minimum atomic E-state index is -0.269. The summed E-state index contributed by atoms with van der Waals surface area (Å²) in [5, 5.41) is 0. The van der Waals surface area contributed by atoms with Crippen LogP contribution in [0.25, 0.3) is 0 Å². The number of nitrogens with one attached hydrogen (secondary N) is 1. The van der Waals surface area contributed by atoms with Gasteiger partial charge in [0.1, 0.15) is 5.56 Å². The Morgan fingerprint density at radius 3 is 2.50 bits per heavy atom. The highest BCUT2D eigenvalue weighted by Gasteiger charge is 2.22. The number of benzene rings is 1. The molecule has 0 radical (unpaired) electrons. The molecule has 0 aliphatic heterocycles. The van der Waals surface area contributed by atoms with Gasteiger partial charge in [0, 0.05) is 25.0 Å². The molecule has 0 aliphatic rings. The maximum absolute atomic E-state index is 12.6. The van der Waals surface area contributed by atoms with Gasteiger partial charge in [-0.15, -0.1) is 0 Å². The second-order valence-electron chi connectivity index (χ2n) is 5.85. The molecule has 4 nitrogen and oxygen atoms in total. The van der Waals surface area contributed by atoms with Crippen molar-refractivity contribution < 1.29 is 4.79 Å². The van der Waals surface area contributed by atoms with Crippen LogP contribution < -0.4 is 5.43 Å². The number of nitrogens with zero attached hydrogens (tertiary/aromatic N) is 1. The molecular formula is C18H22N2O2. The first-order chi connectivity index (χ1) is 10.3. The Kier molecular flexibility index (Phi) is 4.50. The molecule has 0 unspecified atom stereocenters. The van der Waals surface area contributed by atoms with E-state index in [0.29, 0.717) is 0 Å². The molecule has 4 heteroatoms. The van der Waals surface area contributed by atoms with Crippen molar-refractivity contribution in [3.05, 3.63) is 68.6 Å². The Labute approximate surface area is 130 Å². The van der Waals surface area contributed by atoms with E-state index in [2.05, 4.69) is 23.2 Å². The number of aromatic amines is 1. The largest absolute Gasteiger partial charge is 0.364 e. The summed E-state index contributed by atoms with van der Waals surface area (Å²) in [5.74, 6) is -0.269. The second-order valence-corrected chi connectivity index (χ2v) is 5.85. The Balaban J connectivity index is 2.34. The standard InChI is InChI=1S/C18H22N2O2/c1-11-6-7-12(2)15(8-11)14(4)20(5)18(22)16-10-19-13(3)9-17(16)21/h6-10,14H,1-5H3,(H,19,21)/t14-/m0/s1. The average Bonchev–Trinajstić information content (AvgIpc) is 2.47. The lowest BCUT2D eigenvalue weighted by molar-refractivity contribution is 0.0740. The van der Waals surface area contributed by atoms with Gasteiger partial charge in [-0.05, 0) is 38.8 Å². The number of aryl methyl sites for hydroxylation is 3. The third kappa shape index (κ3) is 3.11. The number of aromatic nitrogens is 1. The monoisotopic (exact) mass is 298 g/mol. The van der Waals surface area contributed by atoms with E-state index < -0.39 is 0 Å². The van der Waals surface area contributed by atoms with Gasteiger partial charge in [0.25, 0.3) is 5.91 Å². The zero-order valence-corrected chi connectivity index (χ0v) is 13.7. The van der Waals surface area contributed by atoms with Crippen molar-refractivity contribution in [3.8, 4) is 0 Å². The maximum atomic E-state index is 12.6. The van der Waals surface area contributed by atoms with Crippen molar-refractivity contribution in [1.82, 2.24) is 9.88 Å². The topological polar surface area (TPSA) is 53.2 Å². The summed E-state index contributed by atoms with van der Waals surface area (Å²) < 4.78 is 0. The van der Waals surface area contributed by atoms with Crippen molar-refractivity contribution in [1.29, 1.82) is 0 Å². The van der Waals surface area contributed by atoms with E-state index in [1.165, 1.54) is 12.3 Å². The van der Waals surface area contributed by atoms with Crippen LogP contribution in [-0.4, -0.2) is 22.8 Å². The van der Waals surface area contributed by atoms with E-state index >= 15 is 0 Å². The van der Waals surface area contributed by atoms with Crippen LogP contribution in [0.2, 0.25) is 0 Å². The van der Waals surface area contributed by atoms with E-state index in [1.807, 2.05) is 20.8 Å². The van der Waals surface area contributed by atoms with E-state index in [4.69, 9.17) is 0 Å². The molecule has 1 heterocycles. The summed E-state index contributed by atoms with van der Waals surface area (Å²) in [6, 6.07) is 7.54. The Morgan fingerprint density at radius 1 is 1.18 bits per heavy atom. The van der Waals surface area contributed by atoms with E-state index in [-0.39, 0.29) is 22.9 Å². The SMILES string of the molecule is Cc1ccc(C)c([C@H](C)N(C)C(=O)c2c[nH]c(C)cc2=O)c1. The predicted octanol–water partition coefficient (Wildman–Crippen LogP) is 3.13. The second kappa shape index (κ2) is 6.18. The van der Waals surface area contributed by atoms with Crippen LogP contribution in [0.15, 0.2) is 35.3 Å². The lowest BCUT2D eigenvalue weighted by atomic mass is 9.99. The molecule has 2 rings (SSSR count). The first kappa shape index (κ1) is 16.0. The van der Waals surface area contributed by atoms with Gasteiger partial charge in [-0.1, -0.05) is 23.8 Å². The first-order valence-electron chi connectivity index (χ1n) is 7.35. The molecule has 1 aromatic carbocycles. The number of amides is 1. The van der Waals surface area contributed by atoms with Crippen LogP contribution in [0.5, 0.6) is 0 Å². The molecule has 1 amide bonds. The quantitative estimate of drug-likeness (QED) is 0.946. The summed E-state index contributed by atoms with van der Waals surface area (Å²) in [6.07, 6.45) is 1.49. The number of hydrogen-bond acceptors (Lipinski definition) is 2. The van der Waals surface area contributed by atoms with Gasteiger partial charge in [-0.2, -0.15) is 0 Å². The molecule has 1 N–H and O–H groups in total. The molecule has 0 saturated carbocycles. The van der Waals surface area contributed by atoms with Crippen LogP contribution in [0, 0.1) is 20.8 Å². The first-order valence-corrected chi connectivity index (χ1v) is 7.35. The summed E-state index contributed by atoms with van der Waals surface area (Å²) >= 11 is 0. The molecule has 0 spiro atoms. The van der Waals surface area contributed by atoms with Gasteiger partial charge in [0.15, 0.2) is 5.43 Å². The molecular weight excluding hydrogens is 276 g/mol. The predicted molar refractivity (Wildman–Crippen MR) is 88.2 cm³/mol. The van der Waals surface area contributed by atoms with Gasteiger partial charge in [0.2, 0.25) is 0 Å². The molecule has 2 aromatic rings. The fourth-order valence-electron chi connectivity index (χ4n) is 2.52. The fraction of sp³-hybridized carbons (Fsp3) is 0.333. The highest BCUT2D eigenvalue weighted by atomic mass is 16.2. The zero-order valence-electron chi connectivity index (χ0n) is 13.7. The normalized spacial score (nSPS) is 12.0. The molecule has 0 saturated heterocycles. The van der Waals surface area contributed by atoms with E-state index in [9.17, 15) is 9.59 Å². The van der Waals surface area contributed by atoms with Crippen molar-refractivity contribution in [2.24, 2.45) is 0 Å². The Morgan fingerprint density at radius 2 is 1.86 bits per heavy atom. The summed E-state index contributed by atoms with van der Waals surface area (Å²) in [4.78, 5) is 29.1. The van der Waals surface area contributed by atoms with Crippen LogP contribution in [-0.2, 0) is 0 Å². The number of carbonyl (C=O) groups is 1. The zero-order chi connectivity index (χ0) is 16.4. The minimum absolute atomic E-state index is 0.104. The molecule has 22 heavy (non-hydrogen) atoms. The third-order valence-corrected chi connectivity index (χ3v) is 4.07. The number of carbonyl (C=O) groups excluding carboxylic acids is 1. The summed E-state index contributed by atoms with van der Waals surface area (Å²) in [7, 11) is 1.73. The maximum Gasteiger partial charge on any atom is 0.259 e.